The number of hydrogen-bond donors (Lipinski definition) is 2. The fraction of sp³-hybridized carbons (Fsp3) is 0.538. The summed E-state index contributed by atoms with van der Waals surface area (Å²) in [5, 5.41) is 0. The SMILES string of the molecule is CC1(C)OC[C@H](COc2ccnc(N3c4c(ccc[n+]4CC4CC4)N4C[C@@H]3C(C(N)=O)C4C(N)=O)c2)O1. The van der Waals surface area contributed by atoms with Crippen molar-refractivity contribution in [2.45, 2.75) is 57.2 Å². The van der Waals surface area contributed by atoms with E-state index in [9.17, 15) is 9.59 Å². The number of amides is 2. The normalized spacial score (nSPS) is 27.7. The van der Waals surface area contributed by atoms with Crippen LogP contribution in [0.3, 0.4) is 0 Å². The van der Waals surface area contributed by atoms with Crippen LogP contribution in [-0.2, 0) is 25.6 Å². The number of carbonyl (C=O) groups excluding carboxylic acids is 2. The van der Waals surface area contributed by atoms with E-state index in [4.69, 9.17) is 25.7 Å². The van der Waals surface area contributed by atoms with Crippen molar-refractivity contribution in [2.24, 2.45) is 23.3 Å². The summed E-state index contributed by atoms with van der Waals surface area (Å²) in [6, 6.07) is 6.33. The lowest BCUT2D eigenvalue weighted by atomic mass is 9.94. The third-order valence-corrected chi connectivity index (χ3v) is 7.60. The molecule has 1 saturated carbocycles. The zero-order chi connectivity index (χ0) is 25.9. The van der Waals surface area contributed by atoms with E-state index in [0.717, 1.165) is 18.1 Å². The highest BCUT2D eigenvalue weighted by atomic mass is 16.7. The molecule has 1 aliphatic carbocycles. The van der Waals surface area contributed by atoms with Crippen molar-refractivity contribution in [3.8, 4) is 5.75 Å². The number of nitrogens with two attached hydrogens (primary N) is 2. The lowest BCUT2D eigenvalue weighted by Gasteiger charge is -2.33. The summed E-state index contributed by atoms with van der Waals surface area (Å²) < 4.78 is 19.7. The second-order valence-corrected chi connectivity index (χ2v) is 10.8. The molecule has 4 atom stereocenters. The van der Waals surface area contributed by atoms with Gasteiger partial charge in [-0.15, -0.1) is 0 Å². The smallest absolute Gasteiger partial charge is 0.307 e. The maximum atomic E-state index is 12.7. The average Bonchev–Trinajstić information content (AvgIpc) is 3.50. The van der Waals surface area contributed by atoms with Crippen LogP contribution in [0.25, 0.3) is 0 Å². The number of rotatable bonds is 8. The predicted molar refractivity (Wildman–Crippen MR) is 133 cm³/mol. The Morgan fingerprint density at radius 2 is 2.05 bits per heavy atom. The molecular weight excluding hydrogens is 476 g/mol. The molecule has 3 aliphatic heterocycles. The molecule has 196 valence electrons. The summed E-state index contributed by atoms with van der Waals surface area (Å²) in [4.78, 5) is 33.9. The third kappa shape index (κ3) is 4.36. The summed E-state index contributed by atoms with van der Waals surface area (Å²) in [5.74, 6) is 0.161. The minimum Gasteiger partial charge on any atom is -0.491 e. The van der Waals surface area contributed by atoms with Crippen molar-refractivity contribution in [2.75, 3.05) is 29.6 Å². The summed E-state index contributed by atoms with van der Waals surface area (Å²) >= 11 is 0. The number of fused-ring (bicyclic) bond motifs is 4. The van der Waals surface area contributed by atoms with E-state index >= 15 is 0 Å². The van der Waals surface area contributed by atoms with Gasteiger partial charge in [-0.05, 0) is 50.8 Å². The third-order valence-electron chi connectivity index (χ3n) is 7.60. The van der Waals surface area contributed by atoms with E-state index in [1.807, 2.05) is 48.0 Å². The minimum absolute atomic E-state index is 0.179. The van der Waals surface area contributed by atoms with Crippen LogP contribution >= 0.6 is 0 Å². The van der Waals surface area contributed by atoms with Crippen LogP contribution in [0.1, 0.15) is 26.7 Å². The lowest BCUT2D eigenvalue weighted by Crippen LogP contribution is -2.51. The van der Waals surface area contributed by atoms with Gasteiger partial charge in [-0.1, -0.05) is 0 Å². The number of aromatic nitrogens is 2. The molecule has 0 spiro atoms. The number of primary amides is 2. The molecule has 2 aromatic rings. The summed E-state index contributed by atoms with van der Waals surface area (Å²) in [5.41, 5.74) is 12.5. The van der Waals surface area contributed by atoms with Crippen molar-refractivity contribution in [3.05, 3.63) is 36.7 Å². The molecule has 2 bridgehead atoms. The molecule has 2 amide bonds. The second kappa shape index (κ2) is 8.84. The highest BCUT2D eigenvalue weighted by Crippen LogP contribution is 2.47. The van der Waals surface area contributed by atoms with Crippen LogP contribution in [-0.4, -0.2) is 60.5 Å². The van der Waals surface area contributed by atoms with Crippen LogP contribution in [0.2, 0.25) is 0 Å². The fourth-order valence-electron chi connectivity index (χ4n) is 5.83. The van der Waals surface area contributed by atoms with Gasteiger partial charge in [-0.3, -0.25) is 9.59 Å². The van der Waals surface area contributed by atoms with Crippen molar-refractivity contribution < 1.29 is 28.4 Å². The van der Waals surface area contributed by atoms with E-state index in [2.05, 4.69) is 9.55 Å². The number of carbonyl (C=O) groups is 2. The molecule has 4 N–H and O–H groups in total. The van der Waals surface area contributed by atoms with E-state index in [-0.39, 0.29) is 6.10 Å². The lowest BCUT2D eigenvalue weighted by molar-refractivity contribution is -0.687. The minimum atomic E-state index is -0.828. The molecule has 4 aliphatic rings. The quantitative estimate of drug-likeness (QED) is 0.494. The first-order chi connectivity index (χ1) is 17.7. The van der Waals surface area contributed by atoms with Crippen LogP contribution in [0.5, 0.6) is 5.75 Å². The Bertz CT molecular complexity index is 1230. The van der Waals surface area contributed by atoms with Crippen molar-refractivity contribution in [3.63, 3.8) is 0 Å². The van der Waals surface area contributed by atoms with Crippen molar-refractivity contribution in [1.82, 2.24) is 4.98 Å². The van der Waals surface area contributed by atoms with Crippen LogP contribution in [0, 0.1) is 11.8 Å². The predicted octanol–water partition coefficient (Wildman–Crippen LogP) is 0.605. The van der Waals surface area contributed by atoms with Crippen LogP contribution in [0.15, 0.2) is 36.7 Å². The van der Waals surface area contributed by atoms with E-state index in [1.165, 1.54) is 12.8 Å². The molecule has 6 rings (SSSR count). The highest BCUT2D eigenvalue weighted by Gasteiger charge is 2.59. The van der Waals surface area contributed by atoms with Gasteiger partial charge in [0.05, 0.1) is 25.9 Å². The maximum absolute atomic E-state index is 12.7. The molecule has 11 nitrogen and oxygen atoms in total. The van der Waals surface area contributed by atoms with Gasteiger partial charge in [0.2, 0.25) is 17.6 Å². The highest BCUT2D eigenvalue weighted by molar-refractivity contribution is 5.96. The first-order valence-electron chi connectivity index (χ1n) is 12.8. The van der Waals surface area contributed by atoms with Crippen molar-refractivity contribution in [1.29, 1.82) is 0 Å². The molecule has 2 saturated heterocycles. The Morgan fingerprint density at radius 1 is 1.24 bits per heavy atom. The summed E-state index contributed by atoms with van der Waals surface area (Å²) in [7, 11) is 0. The van der Waals surface area contributed by atoms with Crippen LogP contribution < -0.4 is 30.6 Å². The molecule has 3 fully saturated rings. The zero-order valence-corrected chi connectivity index (χ0v) is 21.1. The fourth-order valence-corrected chi connectivity index (χ4v) is 5.83. The summed E-state index contributed by atoms with van der Waals surface area (Å²) in [6.07, 6.45) is 5.91. The van der Waals surface area contributed by atoms with Gasteiger partial charge < -0.3 is 30.6 Å². The van der Waals surface area contributed by atoms with E-state index in [0.29, 0.717) is 37.2 Å². The molecule has 37 heavy (non-hydrogen) atoms. The molecule has 0 aromatic carbocycles. The zero-order valence-electron chi connectivity index (χ0n) is 21.1. The average molecular weight is 510 g/mol. The standard InChI is InChI=1S/C26H32N6O5/c1-26(2)36-14-17(37-26)13-35-16-7-8-29-20(10-16)32-19-12-31(22(24(28)34)21(19)23(27)33)18-4-3-9-30(25(18)32)11-15-5-6-15/h3-4,7-10,15,17,19,21-22H,5-6,11-14H2,1-2H3,(H3-,27,28,33,34)/p+1/t17-,19+,21?,22?/m0/s1. The van der Waals surface area contributed by atoms with Gasteiger partial charge in [-0.25, -0.2) is 14.5 Å². The molecule has 2 unspecified atom stereocenters. The largest absolute Gasteiger partial charge is 0.491 e. The molecule has 2 aromatic heterocycles. The maximum Gasteiger partial charge on any atom is 0.307 e. The molecule has 5 heterocycles. The monoisotopic (exact) mass is 509 g/mol. The first kappa shape index (κ1) is 23.9. The Kier molecular flexibility index (Phi) is 5.72. The Morgan fingerprint density at radius 3 is 2.73 bits per heavy atom. The van der Waals surface area contributed by atoms with E-state index < -0.39 is 35.6 Å². The molecular formula is C26H33N6O5+. The second-order valence-electron chi connectivity index (χ2n) is 10.8. The molecule has 11 heteroatoms. The number of ether oxygens (including phenoxy) is 3. The Balaban J connectivity index is 1.38. The number of hydrogen-bond acceptors (Lipinski definition) is 8. The first-order valence-corrected chi connectivity index (χ1v) is 12.8. The number of pyridine rings is 2. The summed E-state index contributed by atoms with van der Waals surface area (Å²) in [6.45, 7) is 5.81. The van der Waals surface area contributed by atoms with Gasteiger partial charge in [0.15, 0.2) is 5.79 Å². The van der Waals surface area contributed by atoms with E-state index in [1.54, 1.807) is 12.3 Å². The van der Waals surface area contributed by atoms with Crippen LogP contribution in [0.4, 0.5) is 17.3 Å². The van der Waals surface area contributed by atoms with Gasteiger partial charge in [0.1, 0.15) is 42.1 Å². The topological polar surface area (TPSA) is 137 Å². The Hall–Kier alpha value is -3.44. The number of nitrogens with zero attached hydrogens (tertiary/aromatic N) is 4. The van der Waals surface area contributed by atoms with Gasteiger partial charge in [0.25, 0.3) is 0 Å². The van der Waals surface area contributed by atoms with Crippen molar-refractivity contribution >= 4 is 29.1 Å². The van der Waals surface area contributed by atoms with Gasteiger partial charge in [0, 0.05) is 12.3 Å². The molecule has 0 radical (unpaired) electrons. The van der Waals surface area contributed by atoms with Gasteiger partial charge >= 0.3 is 5.82 Å². The Labute approximate surface area is 215 Å². The van der Waals surface area contributed by atoms with Gasteiger partial charge in [-0.2, -0.15) is 0 Å². The number of anilines is 3.